The molecule has 2 heteroatoms. The van der Waals surface area contributed by atoms with Gasteiger partial charge in [-0.25, -0.2) is 0 Å². The molecule has 1 aliphatic rings. The van der Waals surface area contributed by atoms with Crippen LogP contribution in [0, 0.1) is 5.41 Å². The van der Waals surface area contributed by atoms with Crippen LogP contribution < -0.4 is 0 Å². The van der Waals surface area contributed by atoms with Gasteiger partial charge in [0.2, 0.25) is 0 Å². The maximum absolute atomic E-state index is 12.0. The summed E-state index contributed by atoms with van der Waals surface area (Å²) in [6.45, 7) is 7.80. The number of benzene rings is 1. The van der Waals surface area contributed by atoms with Gasteiger partial charge in [0.25, 0.3) is 0 Å². The predicted octanol–water partition coefficient (Wildman–Crippen LogP) is 3.38. The average Bonchev–Trinajstić information content (AvgIpc) is 2.36. The van der Waals surface area contributed by atoms with Crippen molar-refractivity contribution in [1.82, 2.24) is 4.90 Å². The Kier molecular flexibility index (Phi) is 4.18. The quantitative estimate of drug-likeness (QED) is 0.758. The minimum Gasteiger partial charge on any atom is -0.302 e. The highest BCUT2D eigenvalue weighted by atomic mass is 16.1. The molecule has 1 heterocycles. The lowest BCUT2D eigenvalue weighted by Crippen LogP contribution is -2.40. The van der Waals surface area contributed by atoms with Crippen LogP contribution in [0.3, 0.4) is 0 Å². The average molecular weight is 245 g/mol. The lowest BCUT2D eigenvalue weighted by atomic mass is 9.84. The van der Waals surface area contributed by atoms with E-state index in [1.165, 1.54) is 12.8 Å². The van der Waals surface area contributed by atoms with Crippen molar-refractivity contribution in [2.24, 2.45) is 5.41 Å². The van der Waals surface area contributed by atoms with Crippen LogP contribution in [0.25, 0.3) is 0 Å². The first kappa shape index (κ1) is 13.3. The number of rotatable bonds is 4. The Morgan fingerprint density at radius 1 is 1.28 bits per heavy atom. The van der Waals surface area contributed by atoms with E-state index in [9.17, 15) is 4.79 Å². The van der Waals surface area contributed by atoms with Crippen LogP contribution in [0.1, 0.15) is 43.5 Å². The summed E-state index contributed by atoms with van der Waals surface area (Å²) in [5.74, 6) is 0.263. The Morgan fingerprint density at radius 3 is 2.67 bits per heavy atom. The molecule has 0 aromatic heterocycles. The molecule has 1 aromatic carbocycles. The molecule has 0 radical (unpaired) electrons. The van der Waals surface area contributed by atoms with Gasteiger partial charge in [-0.15, -0.1) is 0 Å². The number of Topliss-reactive ketones (excluding diaryl/α,β-unsaturated/α-hetero) is 1. The fraction of sp³-hybridized carbons (Fsp3) is 0.562. The van der Waals surface area contributed by atoms with Gasteiger partial charge < -0.3 is 4.90 Å². The molecule has 18 heavy (non-hydrogen) atoms. The molecule has 98 valence electrons. The standard InChI is InChI=1S/C16H23NO/c1-16(2)10-6-11-17(13-16)12-9-15(18)14-7-4-3-5-8-14/h3-5,7-8H,6,9-13H2,1-2H3. The van der Waals surface area contributed by atoms with Crippen molar-refractivity contribution in [3.63, 3.8) is 0 Å². The molecule has 1 aliphatic heterocycles. The van der Waals surface area contributed by atoms with Gasteiger partial charge in [-0.05, 0) is 24.8 Å². The van der Waals surface area contributed by atoms with E-state index in [-0.39, 0.29) is 5.78 Å². The molecule has 0 aliphatic carbocycles. The topological polar surface area (TPSA) is 20.3 Å². The zero-order valence-corrected chi connectivity index (χ0v) is 11.5. The fourth-order valence-electron chi connectivity index (χ4n) is 2.76. The minimum atomic E-state index is 0.263. The normalized spacial score (nSPS) is 19.7. The Bertz CT molecular complexity index is 397. The first-order valence-corrected chi connectivity index (χ1v) is 6.87. The third kappa shape index (κ3) is 3.67. The van der Waals surface area contributed by atoms with Gasteiger partial charge in [-0.3, -0.25) is 4.79 Å². The number of likely N-dealkylation sites (tertiary alicyclic amines) is 1. The smallest absolute Gasteiger partial charge is 0.164 e. The van der Waals surface area contributed by atoms with Crippen molar-refractivity contribution >= 4 is 5.78 Å². The summed E-state index contributed by atoms with van der Waals surface area (Å²) in [4.78, 5) is 14.5. The number of nitrogens with zero attached hydrogens (tertiary/aromatic N) is 1. The van der Waals surface area contributed by atoms with Crippen LogP contribution in [0.4, 0.5) is 0 Å². The molecule has 0 atom stereocenters. The Morgan fingerprint density at radius 2 is 2.00 bits per heavy atom. The molecule has 2 rings (SSSR count). The van der Waals surface area contributed by atoms with E-state index in [0.29, 0.717) is 11.8 Å². The molecule has 1 fully saturated rings. The number of ketones is 1. The number of hydrogen-bond donors (Lipinski definition) is 0. The van der Waals surface area contributed by atoms with Crippen molar-refractivity contribution in [3.8, 4) is 0 Å². The molecule has 0 bridgehead atoms. The molecular formula is C16H23NO. The lowest BCUT2D eigenvalue weighted by molar-refractivity contribution is 0.0896. The summed E-state index contributed by atoms with van der Waals surface area (Å²) in [5.41, 5.74) is 1.25. The summed E-state index contributed by atoms with van der Waals surface area (Å²) >= 11 is 0. The maximum atomic E-state index is 12.0. The summed E-state index contributed by atoms with van der Waals surface area (Å²) in [6, 6.07) is 9.61. The van der Waals surface area contributed by atoms with Crippen LogP contribution in [-0.4, -0.2) is 30.3 Å². The molecule has 0 spiro atoms. The van der Waals surface area contributed by atoms with E-state index >= 15 is 0 Å². The largest absolute Gasteiger partial charge is 0.302 e. The lowest BCUT2D eigenvalue weighted by Gasteiger charge is -2.37. The molecule has 0 amide bonds. The predicted molar refractivity (Wildman–Crippen MR) is 74.8 cm³/mol. The number of hydrogen-bond acceptors (Lipinski definition) is 2. The molecule has 2 nitrogen and oxygen atoms in total. The maximum Gasteiger partial charge on any atom is 0.164 e. The van der Waals surface area contributed by atoms with Crippen LogP contribution in [0.5, 0.6) is 0 Å². The van der Waals surface area contributed by atoms with E-state index in [4.69, 9.17) is 0 Å². The number of piperidine rings is 1. The molecular weight excluding hydrogens is 222 g/mol. The van der Waals surface area contributed by atoms with E-state index in [2.05, 4.69) is 18.7 Å². The van der Waals surface area contributed by atoms with Crippen molar-refractivity contribution in [2.75, 3.05) is 19.6 Å². The minimum absolute atomic E-state index is 0.263. The highest BCUT2D eigenvalue weighted by Crippen LogP contribution is 2.28. The first-order chi connectivity index (χ1) is 8.57. The van der Waals surface area contributed by atoms with Gasteiger partial charge in [0, 0.05) is 25.1 Å². The van der Waals surface area contributed by atoms with Crippen LogP contribution >= 0.6 is 0 Å². The van der Waals surface area contributed by atoms with Gasteiger partial charge in [-0.1, -0.05) is 44.2 Å². The summed E-state index contributed by atoms with van der Waals surface area (Å²) < 4.78 is 0. The Labute approximate surface area is 110 Å². The summed E-state index contributed by atoms with van der Waals surface area (Å²) in [5, 5.41) is 0. The second-order valence-corrected chi connectivity index (χ2v) is 6.08. The number of carbonyl (C=O) groups is 1. The second kappa shape index (κ2) is 5.66. The fourth-order valence-corrected chi connectivity index (χ4v) is 2.76. The monoisotopic (exact) mass is 245 g/mol. The molecule has 1 saturated heterocycles. The summed E-state index contributed by atoms with van der Waals surface area (Å²) in [6.07, 6.45) is 3.20. The zero-order chi connectivity index (χ0) is 13.0. The van der Waals surface area contributed by atoms with E-state index in [0.717, 1.165) is 25.2 Å². The molecule has 1 aromatic rings. The van der Waals surface area contributed by atoms with E-state index in [1.807, 2.05) is 30.3 Å². The Hall–Kier alpha value is -1.15. The van der Waals surface area contributed by atoms with Crippen LogP contribution in [0.2, 0.25) is 0 Å². The van der Waals surface area contributed by atoms with Crippen molar-refractivity contribution in [2.45, 2.75) is 33.1 Å². The zero-order valence-electron chi connectivity index (χ0n) is 11.5. The highest BCUT2D eigenvalue weighted by Gasteiger charge is 2.26. The van der Waals surface area contributed by atoms with Crippen molar-refractivity contribution < 1.29 is 4.79 Å². The first-order valence-electron chi connectivity index (χ1n) is 6.87. The van der Waals surface area contributed by atoms with Gasteiger partial charge in [-0.2, -0.15) is 0 Å². The van der Waals surface area contributed by atoms with Crippen LogP contribution in [0.15, 0.2) is 30.3 Å². The van der Waals surface area contributed by atoms with Gasteiger partial charge >= 0.3 is 0 Å². The third-order valence-electron chi connectivity index (χ3n) is 3.73. The molecule has 0 saturated carbocycles. The van der Waals surface area contributed by atoms with Crippen molar-refractivity contribution in [3.05, 3.63) is 35.9 Å². The van der Waals surface area contributed by atoms with E-state index in [1.54, 1.807) is 0 Å². The van der Waals surface area contributed by atoms with Crippen molar-refractivity contribution in [1.29, 1.82) is 0 Å². The van der Waals surface area contributed by atoms with E-state index < -0.39 is 0 Å². The summed E-state index contributed by atoms with van der Waals surface area (Å²) in [7, 11) is 0. The SMILES string of the molecule is CC1(C)CCCN(CCC(=O)c2ccccc2)C1. The molecule has 0 N–H and O–H groups in total. The highest BCUT2D eigenvalue weighted by molar-refractivity contribution is 5.96. The Balaban J connectivity index is 1.83. The number of carbonyl (C=O) groups excluding carboxylic acids is 1. The van der Waals surface area contributed by atoms with Gasteiger partial charge in [0.05, 0.1) is 0 Å². The van der Waals surface area contributed by atoms with Crippen LogP contribution in [-0.2, 0) is 0 Å². The second-order valence-electron chi connectivity index (χ2n) is 6.08. The van der Waals surface area contributed by atoms with Gasteiger partial charge in [0.15, 0.2) is 5.78 Å². The third-order valence-corrected chi connectivity index (χ3v) is 3.73. The van der Waals surface area contributed by atoms with Gasteiger partial charge in [0.1, 0.15) is 0 Å². The molecule has 0 unspecified atom stereocenters.